The van der Waals surface area contributed by atoms with Crippen LogP contribution >= 0.6 is 0 Å². The zero-order valence-electron chi connectivity index (χ0n) is 6.88. The average molecular weight is 154 g/mol. The Morgan fingerprint density at radius 1 is 1.64 bits per heavy atom. The van der Waals surface area contributed by atoms with Crippen molar-refractivity contribution in [3.8, 4) is 12.8 Å². The number of carbonyl (C=O) groups is 1. The van der Waals surface area contributed by atoms with Crippen LogP contribution in [0.15, 0.2) is 12.7 Å². The van der Waals surface area contributed by atoms with Gasteiger partial charge in [-0.25, -0.2) is 4.79 Å². The summed E-state index contributed by atoms with van der Waals surface area (Å²) in [5.74, 6) is -0.330. The zero-order chi connectivity index (χ0) is 9.11. The molecule has 0 saturated heterocycles. The molecule has 0 amide bonds. The highest BCUT2D eigenvalue weighted by Crippen LogP contribution is 1.88. The van der Waals surface area contributed by atoms with Gasteiger partial charge in [-0.2, -0.15) is 0 Å². The molecule has 62 valence electrons. The number of hydrogen-bond donors (Lipinski definition) is 0. The maximum Gasteiger partial charge on any atom is 0.330 e. The van der Waals surface area contributed by atoms with Gasteiger partial charge in [0.25, 0.3) is 0 Å². The van der Waals surface area contributed by atoms with Gasteiger partial charge >= 0.3 is 5.97 Å². The molecule has 11 heavy (non-hydrogen) atoms. The molecule has 0 aromatic heterocycles. The number of hydrogen-bond acceptors (Lipinski definition) is 2. The van der Waals surface area contributed by atoms with Gasteiger partial charge in [0.05, 0.1) is 6.61 Å². The molecule has 0 fully saturated rings. The fourth-order valence-corrected chi connectivity index (χ4v) is 0.376. The summed E-state index contributed by atoms with van der Waals surface area (Å²) in [4.78, 5) is 10.3. The monoisotopic (exact) mass is 154 g/mol. The van der Waals surface area contributed by atoms with Crippen LogP contribution in [0.1, 0.15) is 19.8 Å². The van der Waals surface area contributed by atoms with Gasteiger partial charge in [-0.3, -0.25) is 0 Å². The van der Waals surface area contributed by atoms with E-state index in [2.05, 4.69) is 24.2 Å². The van der Waals surface area contributed by atoms with E-state index in [9.17, 15) is 4.79 Å². The third kappa shape index (κ3) is 12.1. The van der Waals surface area contributed by atoms with Crippen molar-refractivity contribution >= 4 is 5.97 Å². The Morgan fingerprint density at radius 2 is 2.18 bits per heavy atom. The Hall–Kier alpha value is -1.23. The van der Waals surface area contributed by atoms with Gasteiger partial charge in [0, 0.05) is 6.08 Å². The third-order valence-corrected chi connectivity index (χ3v) is 0.909. The predicted octanol–water partition coefficient (Wildman–Crippen LogP) is 1.77. The van der Waals surface area contributed by atoms with Gasteiger partial charge in [-0.15, -0.1) is 12.8 Å². The summed E-state index contributed by atoms with van der Waals surface area (Å²) < 4.78 is 4.67. The molecule has 0 rings (SSSR count). The Bertz CT molecular complexity index is 125. The highest BCUT2D eigenvalue weighted by molar-refractivity contribution is 5.81. The van der Waals surface area contributed by atoms with E-state index in [1.165, 1.54) is 6.08 Å². The van der Waals surface area contributed by atoms with E-state index in [0.717, 1.165) is 12.8 Å². The molecule has 0 aromatic carbocycles. The van der Waals surface area contributed by atoms with Crippen molar-refractivity contribution in [1.82, 2.24) is 0 Å². The van der Waals surface area contributed by atoms with Gasteiger partial charge in [0.1, 0.15) is 0 Å². The lowest BCUT2D eigenvalue weighted by molar-refractivity contribution is -0.137. The van der Waals surface area contributed by atoms with Gasteiger partial charge in [-0.05, 0) is 6.42 Å². The fourth-order valence-electron chi connectivity index (χ4n) is 0.376. The number of esters is 1. The van der Waals surface area contributed by atoms with Crippen LogP contribution in [-0.2, 0) is 9.53 Å². The second-order valence-corrected chi connectivity index (χ2v) is 1.73. The third-order valence-electron chi connectivity index (χ3n) is 0.909. The molecule has 0 atom stereocenters. The highest BCUT2D eigenvalue weighted by Gasteiger charge is 1.91. The van der Waals surface area contributed by atoms with Crippen molar-refractivity contribution in [3.05, 3.63) is 12.7 Å². The summed E-state index contributed by atoms with van der Waals surface area (Å²) in [6.45, 7) is 5.82. The zero-order valence-corrected chi connectivity index (χ0v) is 6.88. The molecule has 0 radical (unpaired) electrons. The van der Waals surface area contributed by atoms with Crippen LogP contribution in [-0.4, -0.2) is 12.6 Å². The number of terminal acetylenes is 1. The summed E-state index contributed by atoms with van der Waals surface area (Å²) in [5, 5.41) is 0. The van der Waals surface area contributed by atoms with Gasteiger partial charge in [-0.1, -0.05) is 19.9 Å². The van der Waals surface area contributed by atoms with Crippen molar-refractivity contribution in [3.63, 3.8) is 0 Å². The highest BCUT2D eigenvalue weighted by atomic mass is 16.5. The van der Waals surface area contributed by atoms with Gasteiger partial charge in [0.2, 0.25) is 0 Å². The Morgan fingerprint density at radius 3 is 2.55 bits per heavy atom. The van der Waals surface area contributed by atoms with Crippen LogP contribution in [0.5, 0.6) is 0 Å². The van der Waals surface area contributed by atoms with Crippen molar-refractivity contribution in [2.75, 3.05) is 6.61 Å². The van der Waals surface area contributed by atoms with E-state index in [0.29, 0.717) is 6.61 Å². The van der Waals surface area contributed by atoms with Crippen LogP contribution in [0, 0.1) is 12.8 Å². The minimum atomic E-state index is -0.330. The first-order chi connectivity index (χ1) is 5.31. The second kappa shape index (κ2) is 11.6. The number of ether oxygens (including phenoxy) is 1. The molecule has 0 aliphatic heterocycles. The minimum Gasteiger partial charge on any atom is -0.463 e. The van der Waals surface area contributed by atoms with Gasteiger partial charge < -0.3 is 4.74 Å². The molecule has 0 aromatic rings. The molecule has 0 bridgehead atoms. The molecule has 0 saturated carbocycles. The van der Waals surface area contributed by atoms with Crippen LogP contribution < -0.4 is 0 Å². The van der Waals surface area contributed by atoms with Crippen molar-refractivity contribution < 1.29 is 9.53 Å². The lowest BCUT2D eigenvalue weighted by Crippen LogP contribution is -2.00. The Labute approximate surface area is 68.2 Å². The van der Waals surface area contributed by atoms with E-state index >= 15 is 0 Å². The van der Waals surface area contributed by atoms with Crippen LogP contribution in [0.4, 0.5) is 0 Å². The summed E-state index contributed by atoms with van der Waals surface area (Å²) in [6.07, 6.45) is 11.2. The normalized spacial score (nSPS) is 7.18. The molecule has 2 heteroatoms. The van der Waals surface area contributed by atoms with Crippen LogP contribution in [0.25, 0.3) is 0 Å². The smallest absolute Gasteiger partial charge is 0.330 e. The molecule has 0 aliphatic rings. The van der Waals surface area contributed by atoms with Crippen molar-refractivity contribution in [1.29, 1.82) is 0 Å². The van der Waals surface area contributed by atoms with Crippen LogP contribution in [0.3, 0.4) is 0 Å². The summed E-state index contributed by atoms with van der Waals surface area (Å²) >= 11 is 0. The second-order valence-electron chi connectivity index (χ2n) is 1.73. The Kier molecular flexibility index (Phi) is 13.1. The molecular formula is C9H14O2. The number of carbonyl (C=O) groups excluding carboxylic acids is 1. The summed E-state index contributed by atoms with van der Waals surface area (Å²) in [6, 6.07) is 0. The topological polar surface area (TPSA) is 26.3 Å². The molecule has 0 spiro atoms. The lowest BCUT2D eigenvalue weighted by Gasteiger charge is -1.97. The van der Waals surface area contributed by atoms with Crippen molar-refractivity contribution in [2.45, 2.75) is 19.8 Å². The molecule has 2 nitrogen and oxygen atoms in total. The first kappa shape index (κ1) is 12.4. The standard InChI is InChI=1S/C7H12O2.C2H2/c1-3-5-6-9-7(8)4-2;1-2/h4H,2-3,5-6H2,1H3;1-2H. The molecule has 0 unspecified atom stereocenters. The SMILES string of the molecule is C#C.C=CC(=O)OCCCC. The summed E-state index contributed by atoms with van der Waals surface area (Å²) in [5.41, 5.74) is 0. The van der Waals surface area contributed by atoms with E-state index in [-0.39, 0.29) is 5.97 Å². The van der Waals surface area contributed by atoms with E-state index < -0.39 is 0 Å². The van der Waals surface area contributed by atoms with Crippen LogP contribution in [0.2, 0.25) is 0 Å². The van der Waals surface area contributed by atoms with E-state index in [4.69, 9.17) is 0 Å². The molecule has 0 aliphatic carbocycles. The molecular weight excluding hydrogens is 140 g/mol. The van der Waals surface area contributed by atoms with E-state index in [1.807, 2.05) is 6.92 Å². The largest absolute Gasteiger partial charge is 0.463 e. The number of rotatable bonds is 4. The average Bonchev–Trinajstić information content (AvgIpc) is 2.08. The fraction of sp³-hybridized carbons (Fsp3) is 0.444. The number of unbranched alkanes of at least 4 members (excludes halogenated alkanes) is 1. The minimum absolute atomic E-state index is 0.330. The Balaban J connectivity index is 0. The first-order valence-electron chi connectivity index (χ1n) is 3.43. The lowest BCUT2D eigenvalue weighted by atomic mass is 10.4. The van der Waals surface area contributed by atoms with Crippen molar-refractivity contribution in [2.24, 2.45) is 0 Å². The van der Waals surface area contributed by atoms with Gasteiger partial charge in [0.15, 0.2) is 0 Å². The summed E-state index contributed by atoms with van der Waals surface area (Å²) in [7, 11) is 0. The molecule has 0 heterocycles. The van der Waals surface area contributed by atoms with E-state index in [1.54, 1.807) is 0 Å². The molecule has 0 N–H and O–H groups in total. The maximum absolute atomic E-state index is 10.3. The first-order valence-corrected chi connectivity index (χ1v) is 3.43. The maximum atomic E-state index is 10.3. The quantitative estimate of drug-likeness (QED) is 0.267. The predicted molar refractivity (Wildman–Crippen MR) is 46.0 cm³/mol.